The van der Waals surface area contributed by atoms with Crippen LogP contribution in [0.4, 0.5) is 0 Å². The van der Waals surface area contributed by atoms with E-state index >= 15 is 0 Å². The second kappa shape index (κ2) is 8.74. The van der Waals surface area contributed by atoms with Gasteiger partial charge in [-0.05, 0) is 65.2 Å². The Bertz CT molecular complexity index is 1420. The molecule has 0 bridgehead atoms. The van der Waals surface area contributed by atoms with Gasteiger partial charge in [-0.3, -0.25) is 4.98 Å². The summed E-state index contributed by atoms with van der Waals surface area (Å²) in [6, 6.07) is 16.4. The smallest absolute Gasteiger partial charge is 0.172 e. The molecule has 164 valence electrons. The molecule has 0 aliphatic carbocycles. The number of aromatic amines is 1. The monoisotopic (exact) mass is 436 g/mol. The first-order chi connectivity index (χ1) is 16.1. The van der Waals surface area contributed by atoms with Gasteiger partial charge in [-0.2, -0.15) is 0 Å². The number of aromatic nitrogens is 8. The maximum Gasteiger partial charge on any atom is 0.172 e. The van der Waals surface area contributed by atoms with Crippen molar-refractivity contribution in [3.63, 3.8) is 0 Å². The van der Waals surface area contributed by atoms with Crippen LogP contribution in [0.1, 0.15) is 46.7 Å². The number of benzene rings is 1. The molecule has 0 saturated carbocycles. The third kappa shape index (κ3) is 4.15. The molecule has 0 saturated heterocycles. The number of rotatable bonds is 6. The molecule has 0 radical (unpaired) electrons. The molecule has 0 aliphatic heterocycles. The van der Waals surface area contributed by atoms with Gasteiger partial charge in [-0.25, -0.2) is 15.1 Å². The minimum atomic E-state index is 0.578. The van der Waals surface area contributed by atoms with Crippen molar-refractivity contribution >= 4 is 22.8 Å². The molecular formula is C25H24N8. The van der Waals surface area contributed by atoms with Crippen LogP contribution in [0, 0.1) is 13.8 Å². The fourth-order valence-corrected chi connectivity index (χ4v) is 4.05. The molecule has 8 heteroatoms. The van der Waals surface area contributed by atoms with E-state index in [4.69, 9.17) is 9.97 Å². The molecule has 0 fully saturated rings. The molecule has 0 atom stereocenters. The summed E-state index contributed by atoms with van der Waals surface area (Å²) in [6.45, 7) is 6.97. The summed E-state index contributed by atoms with van der Waals surface area (Å²) >= 11 is 0. The number of hydrogen-bond donors (Lipinski definition) is 1. The van der Waals surface area contributed by atoms with Gasteiger partial charge in [0.05, 0.1) is 12.2 Å². The van der Waals surface area contributed by atoms with Crippen LogP contribution >= 0.6 is 0 Å². The Hall–Kier alpha value is -4.20. The second-order valence-electron chi connectivity index (χ2n) is 7.98. The summed E-state index contributed by atoms with van der Waals surface area (Å²) < 4.78 is 2.22. The molecule has 0 aliphatic rings. The van der Waals surface area contributed by atoms with E-state index in [0.717, 1.165) is 51.5 Å². The molecule has 8 nitrogen and oxygen atoms in total. The lowest BCUT2D eigenvalue weighted by Gasteiger charge is -2.11. The Kier molecular flexibility index (Phi) is 5.48. The quantitative estimate of drug-likeness (QED) is 0.429. The zero-order valence-electron chi connectivity index (χ0n) is 18.8. The van der Waals surface area contributed by atoms with Crippen LogP contribution in [-0.4, -0.2) is 40.1 Å². The fourth-order valence-electron chi connectivity index (χ4n) is 4.05. The van der Waals surface area contributed by atoms with E-state index < -0.39 is 0 Å². The van der Waals surface area contributed by atoms with E-state index in [-0.39, 0.29) is 0 Å². The number of pyridine rings is 2. The van der Waals surface area contributed by atoms with Gasteiger partial charge in [0.15, 0.2) is 11.5 Å². The third-order valence-corrected chi connectivity index (χ3v) is 5.61. The first kappa shape index (κ1) is 20.7. The molecule has 0 unspecified atom stereocenters. The minimum Gasteiger partial charge on any atom is -0.308 e. The van der Waals surface area contributed by atoms with Gasteiger partial charge in [-0.1, -0.05) is 37.3 Å². The molecule has 0 amide bonds. The van der Waals surface area contributed by atoms with Crippen molar-refractivity contribution in [1.29, 1.82) is 0 Å². The number of fused-ring (bicyclic) bond motifs is 1. The van der Waals surface area contributed by atoms with Crippen LogP contribution in [0.5, 0.6) is 0 Å². The van der Waals surface area contributed by atoms with Gasteiger partial charge >= 0.3 is 0 Å². The highest BCUT2D eigenvalue weighted by Gasteiger charge is 2.14. The maximum absolute atomic E-state index is 4.86. The molecule has 1 aromatic carbocycles. The topological polar surface area (TPSA) is 98.1 Å². The third-order valence-electron chi connectivity index (χ3n) is 5.61. The number of hydrogen-bond acceptors (Lipinski definition) is 6. The van der Waals surface area contributed by atoms with E-state index in [1.807, 2.05) is 31.2 Å². The lowest BCUT2D eigenvalue weighted by atomic mass is 10.00. The average molecular weight is 437 g/mol. The second-order valence-corrected chi connectivity index (χ2v) is 7.98. The molecule has 5 rings (SSSR count). The van der Waals surface area contributed by atoms with Crippen molar-refractivity contribution in [2.45, 2.75) is 33.7 Å². The van der Waals surface area contributed by atoms with Crippen LogP contribution in [0.25, 0.3) is 22.8 Å². The van der Waals surface area contributed by atoms with Crippen LogP contribution < -0.4 is 0 Å². The summed E-state index contributed by atoms with van der Waals surface area (Å²) in [6.07, 6.45) is 4.54. The highest BCUT2D eigenvalue weighted by atomic mass is 15.5. The van der Waals surface area contributed by atoms with Gasteiger partial charge in [-0.15, -0.1) is 5.10 Å². The molecule has 4 heterocycles. The largest absolute Gasteiger partial charge is 0.308 e. The number of H-pyrrole nitrogens is 1. The summed E-state index contributed by atoms with van der Waals surface area (Å²) in [5.41, 5.74) is 8.09. The van der Waals surface area contributed by atoms with Crippen LogP contribution in [0.2, 0.25) is 0 Å². The normalized spacial score (nSPS) is 11.9. The van der Waals surface area contributed by atoms with Crippen molar-refractivity contribution in [3.05, 3.63) is 94.5 Å². The van der Waals surface area contributed by atoms with Gasteiger partial charge in [0.1, 0.15) is 11.3 Å². The van der Waals surface area contributed by atoms with Crippen LogP contribution in [-0.2, 0) is 13.0 Å². The maximum atomic E-state index is 4.86. The highest BCUT2D eigenvalue weighted by Crippen LogP contribution is 2.25. The molecular weight excluding hydrogens is 412 g/mol. The molecule has 33 heavy (non-hydrogen) atoms. The molecule has 1 N–H and O–H groups in total. The predicted molar refractivity (Wildman–Crippen MR) is 127 cm³/mol. The Morgan fingerprint density at radius 1 is 1.06 bits per heavy atom. The van der Waals surface area contributed by atoms with Crippen LogP contribution in [0.15, 0.2) is 54.7 Å². The standard InChI is InChI=1S/C25H24N8/c1-4-23-28-24-16(2)13-17(3)27-25(24)33(23)15-18-8-10-19(11-9-18)20(14-22-29-31-32-30-22)21-7-5-6-12-26-21/h5-14H,4,15H2,1-3H3,(H,29,30,31,32). The van der Waals surface area contributed by atoms with E-state index in [1.165, 1.54) is 5.56 Å². The van der Waals surface area contributed by atoms with Crippen molar-refractivity contribution in [2.75, 3.05) is 0 Å². The van der Waals surface area contributed by atoms with E-state index in [2.05, 4.69) is 74.4 Å². The minimum absolute atomic E-state index is 0.578. The van der Waals surface area contributed by atoms with Crippen molar-refractivity contribution in [1.82, 2.24) is 40.1 Å². The van der Waals surface area contributed by atoms with Gasteiger partial charge in [0, 0.05) is 23.9 Å². The SMILES string of the molecule is CCc1nc2c(C)cc(C)nc2n1Cc1ccc(C(=Cc2nnn[nH]2)c2ccccn2)cc1. The summed E-state index contributed by atoms with van der Waals surface area (Å²) in [7, 11) is 0. The fraction of sp³-hybridized carbons (Fsp3) is 0.200. The highest BCUT2D eigenvalue weighted by molar-refractivity contribution is 5.88. The zero-order valence-corrected chi connectivity index (χ0v) is 18.8. The van der Waals surface area contributed by atoms with Crippen LogP contribution in [0.3, 0.4) is 0 Å². The Morgan fingerprint density at radius 2 is 1.91 bits per heavy atom. The van der Waals surface area contributed by atoms with E-state index in [9.17, 15) is 0 Å². The van der Waals surface area contributed by atoms with Gasteiger partial charge in [0.2, 0.25) is 0 Å². The Morgan fingerprint density at radius 3 is 2.61 bits per heavy atom. The Balaban J connectivity index is 1.51. The Labute approximate surface area is 191 Å². The van der Waals surface area contributed by atoms with Crippen molar-refractivity contribution in [2.24, 2.45) is 0 Å². The lowest BCUT2D eigenvalue weighted by molar-refractivity contribution is 0.745. The molecule has 0 spiro atoms. The number of tetrazole rings is 1. The molecule has 5 aromatic rings. The number of nitrogens with one attached hydrogen (secondary N) is 1. The van der Waals surface area contributed by atoms with Gasteiger partial charge < -0.3 is 4.57 Å². The molecule has 4 aromatic heterocycles. The zero-order chi connectivity index (χ0) is 22.8. The lowest BCUT2D eigenvalue weighted by Crippen LogP contribution is -2.06. The first-order valence-electron chi connectivity index (χ1n) is 10.9. The van der Waals surface area contributed by atoms with Crippen molar-refractivity contribution in [3.8, 4) is 0 Å². The number of imidazole rings is 1. The predicted octanol–water partition coefficient (Wildman–Crippen LogP) is 4.16. The summed E-state index contributed by atoms with van der Waals surface area (Å²) in [5, 5.41) is 14.1. The average Bonchev–Trinajstić information content (AvgIpc) is 3.47. The number of aryl methyl sites for hydroxylation is 3. The van der Waals surface area contributed by atoms with E-state index in [0.29, 0.717) is 12.4 Å². The van der Waals surface area contributed by atoms with Gasteiger partial charge in [0.25, 0.3) is 0 Å². The summed E-state index contributed by atoms with van der Waals surface area (Å²) in [5.74, 6) is 1.62. The summed E-state index contributed by atoms with van der Waals surface area (Å²) in [4.78, 5) is 14.2. The van der Waals surface area contributed by atoms with Crippen molar-refractivity contribution < 1.29 is 0 Å². The first-order valence-corrected chi connectivity index (χ1v) is 10.9. The van der Waals surface area contributed by atoms with E-state index in [1.54, 1.807) is 6.20 Å². The number of nitrogens with zero attached hydrogens (tertiary/aromatic N) is 7.